The summed E-state index contributed by atoms with van der Waals surface area (Å²) in [6.07, 6.45) is 6.33. The monoisotopic (exact) mass is 637 g/mol. The van der Waals surface area contributed by atoms with Crippen LogP contribution in [0.2, 0.25) is 0 Å². The highest BCUT2D eigenvalue weighted by Gasteiger charge is 2.25. The second-order valence-corrected chi connectivity index (χ2v) is 12.4. The maximum atomic E-state index is 13.1. The van der Waals surface area contributed by atoms with Crippen molar-refractivity contribution >= 4 is 35.3 Å². The van der Waals surface area contributed by atoms with Crippen molar-refractivity contribution in [3.63, 3.8) is 0 Å². The van der Waals surface area contributed by atoms with Crippen LogP contribution in [0.5, 0.6) is 5.75 Å². The fraction of sp³-hybridized carbons (Fsp3) is 0.353. The third-order valence-corrected chi connectivity index (χ3v) is 7.83. The van der Waals surface area contributed by atoms with E-state index in [4.69, 9.17) is 15.2 Å². The Labute approximate surface area is 273 Å². The number of hydrogen-bond donors (Lipinski definition) is 3. The summed E-state index contributed by atoms with van der Waals surface area (Å²) in [6.45, 7) is 9.29. The van der Waals surface area contributed by atoms with E-state index >= 15 is 0 Å². The number of aromatic nitrogens is 4. The van der Waals surface area contributed by atoms with E-state index in [-0.39, 0.29) is 17.9 Å². The summed E-state index contributed by atoms with van der Waals surface area (Å²) in [5.41, 5.74) is 10.0. The average Bonchev–Trinajstić information content (AvgIpc) is 3.41. The molecule has 13 heteroatoms. The lowest BCUT2D eigenvalue weighted by Gasteiger charge is -2.26. The van der Waals surface area contributed by atoms with Crippen molar-refractivity contribution in [2.75, 3.05) is 54.1 Å². The molecule has 2 aliphatic rings. The van der Waals surface area contributed by atoms with E-state index in [1.54, 1.807) is 41.7 Å². The maximum Gasteiger partial charge on any atom is 0.410 e. The highest BCUT2D eigenvalue weighted by atomic mass is 16.6. The van der Waals surface area contributed by atoms with Gasteiger partial charge in [0.1, 0.15) is 23.0 Å². The number of anilines is 4. The number of benzene rings is 1. The van der Waals surface area contributed by atoms with Gasteiger partial charge in [0.15, 0.2) is 0 Å². The van der Waals surface area contributed by atoms with E-state index in [1.165, 1.54) is 0 Å². The molecule has 4 aromatic rings. The summed E-state index contributed by atoms with van der Waals surface area (Å²) in [4.78, 5) is 47.0. The standard InChI is InChI=1S/C34H39N9O4/c1-34(2,3)47-33(45)43-14-5-13-42(15-16-43)24-8-9-28(37-20-24)41-31(44)23-7-4-6-22(18-23)19-38-30-25-11-17-46-29(25)26(21-39-30)27-10-12-36-32(35)40-27/h4,6-10,12,18,20-21H,5,11,13-17,19H2,1-3H3,(H,38,39)(H2,35,36,40)(H,37,41,44). The molecule has 1 aromatic carbocycles. The topological polar surface area (TPSA) is 161 Å². The van der Waals surface area contributed by atoms with E-state index in [9.17, 15) is 9.59 Å². The van der Waals surface area contributed by atoms with Crippen LogP contribution in [0, 0.1) is 0 Å². The Balaban J connectivity index is 1.05. The number of nitrogens with one attached hydrogen (secondary N) is 2. The van der Waals surface area contributed by atoms with Crippen molar-refractivity contribution in [1.29, 1.82) is 0 Å². The number of nitrogens with zero attached hydrogens (tertiary/aromatic N) is 6. The molecule has 47 heavy (non-hydrogen) atoms. The first kappa shape index (κ1) is 31.5. The number of nitrogens with two attached hydrogens (primary N) is 1. The van der Waals surface area contributed by atoms with Crippen molar-refractivity contribution in [3.8, 4) is 17.0 Å². The summed E-state index contributed by atoms with van der Waals surface area (Å²) < 4.78 is 11.5. The van der Waals surface area contributed by atoms with E-state index < -0.39 is 5.60 Å². The zero-order valence-corrected chi connectivity index (χ0v) is 26.8. The second-order valence-electron chi connectivity index (χ2n) is 12.4. The predicted molar refractivity (Wildman–Crippen MR) is 179 cm³/mol. The number of amides is 2. The lowest BCUT2D eigenvalue weighted by molar-refractivity contribution is 0.0263. The fourth-order valence-electron chi connectivity index (χ4n) is 5.57. The quantitative estimate of drug-likeness (QED) is 0.256. The van der Waals surface area contributed by atoms with Crippen LogP contribution in [0.15, 0.2) is 61.1 Å². The Morgan fingerprint density at radius 2 is 1.89 bits per heavy atom. The molecule has 1 saturated heterocycles. The molecule has 0 spiro atoms. The smallest absolute Gasteiger partial charge is 0.410 e. The first-order valence-electron chi connectivity index (χ1n) is 15.7. The lowest BCUT2D eigenvalue weighted by Crippen LogP contribution is -2.39. The van der Waals surface area contributed by atoms with Gasteiger partial charge in [0, 0.05) is 62.7 Å². The number of fused-ring (bicyclic) bond motifs is 1. The van der Waals surface area contributed by atoms with Crippen LogP contribution >= 0.6 is 0 Å². The predicted octanol–water partition coefficient (Wildman–Crippen LogP) is 4.76. The number of nitrogen functional groups attached to an aromatic ring is 1. The molecule has 244 valence electrons. The van der Waals surface area contributed by atoms with Gasteiger partial charge in [-0.1, -0.05) is 12.1 Å². The van der Waals surface area contributed by atoms with Crippen molar-refractivity contribution in [2.24, 2.45) is 0 Å². The van der Waals surface area contributed by atoms with Crippen molar-refractivity contribution in [3.05, 3.63) is 77.7 Å². The number of hydrogen-bond acceptors (Lipinski definition) is 11. The van der Waals surface area contributed by atoms with Crippen LogP contribution in [-0.4, -0.2) is 75.2 Å². The number of rotatable bonds is 7. The number of ether oxygens (including phenoxy) is 2. The third kappa shape index (κ3) is 7.68. The molecule has 4 N–H and O–H groups in total. The molecule has 0 unspecified atom stereocenters. The van der Waals surface area contributed by atoms with E-state index in [0.29, 0.717) is 49.9 Å². The van der Waals surface area contributed by atoms with Gasteiger partial charge in [-0.05, 0) is 63.1 Å². The van der Waals surface area contributed by atoms with Gasteiger partial charge in [-0.3, -0.25) is 4.79 Å². The van der Waals surface area contributed by atoms with Crippen LogP contribution < -0.4 is 26.0 Å². The molecular weight excluding hydrogens is 598 g/mol. The van der Waals surface area contributed by atoms with Crippen LogP contribution in [0.4, 0.5) is 28.1 Å². The molecule has 2 amide bonds. The normalized spacial score (nSPS) is 14.5. The van der Waals surface area contributed by atoms with Crippen LogP contribution in [-0.2, 0) is 17.7 Å². The SMILES string of the molecule is CC(C)(C)OC(=O)N1CCCN(c2ccc(NC(=O)c3cccc(CNc4ncc(-c5ccnc(N)n5)c5c4CCO5)c3)nc2)CC1. The maximum absolute atomic E-state index is 13.1. The number of pyridine rings is 2. The molecule has 13 nitrogen and oxygen atoms in total. The first-order chi connectivity index (χ1) is 22.6. The zero-order valence-electron chi connectivity index (χ0n) is 26.8. The highest BCUT2D eigenvalue weighted by Crippen LogP contribution is 2.39. The third-order valence-electron chi connectivity index (χ3n) is 7.83. The molecular formula is C34H39N9O4. The van der Waals surface area contributed by atoms with Gasteiger partial charge >= 0.3 is 6.09 Å². The molecule has 0 bridgehead atoms. The Morgan fingerprint density at radius 3 is 2.68 bits per heavy atom. The van der Waals surface area contributed by atoms with Gasteiger partial charge in [0.2, 0.25) is 5.95 Å². The fourth-order valence-corrected chi connectivity index (χ4v) is 5.57. The Kier molecular flexibility index (Phi) is 9.05. The van der Waals surface area contributed by atoms with Crippen LogP contribution in [0.3, 0.4) is 0 Å². The van der Waals surface area contributed by atoms with Gasteiger partial charge < -0.3 is 35.6 Å². The molecule has 0 saturated carbocycles. The van der Waals surface area contributed by atoms with E-state index in [1.807, 2.05) is 45.0 Å². The van der Waals surface area contributed by atoms with Crippen molar-refractivity contribution < 1.29 is 19.1 Å². The largest absolute Gasteiger partial charge is 0.492 e. The zero-order chi connectivity index (χ0) is 33.0. The lowest BCUT2D eigenvalue weighted by atomic mass is 10.1. The van der Waals surface area contributed by atoms with E-state index in [2.05, 4.69) is 35.5 Å². The molecule has 6 rings (SSSR count). The molecule has 5 heterocycles. The van der Waals surface area contributed by atoms with Crippen LogP contribution in [0.1, 0.15) is 48.7 Å². The molecule has 0 aliphatic carbocycles. The van der Waals surface area contributed by atoms with Gasteiger partial charge in [-0.15, -0.1) is 0 Å². The highest BCUT2D eigenvalue weighted by molar-refractivity contribution is 6.03. The van der Waals surface area contributed by atoms with Gasteiger partial charge in [0.25, 0.3) is 5.91 Å². The number of carbonyl (C=O) groups excluding carboxylic acids is 2. The first-order valence-corrected chi connectivity index (χ1v) is 15.7. The van der Waals surface area contributed by atoms with Crippen molar-refractivity contribution in [1.82, 2.24) is 24.8 Å². The van der Waals surface area contributed by atoms with Crippen LogP contribution in [0.25, 0.3) is 11.3 Å². The molecule has 2 aliphatic heterocycles. The molecule has 3 aromatic heterocycles. The summed E-state index contributed by atoms with van der Waals surface area (Å²) in [6, 6.07) is 12.9. The minimum Gasteiger partial charge on any atom is -0.492 e. The average molecular weight is 638 g/mol. The van der Waals surface area contributed by atoms with Gasteiger partial charge in [-0.2, -0.15) is 0 Å². The summed E-state index contributed by atoms with van der Waals surface area (Å²) in [7, 11) is 0. The Morgan fingerprint density at radius 1 is 1.02 bits per heavy atom. The van der Waals surface area contributed by atoms with Gasteiger partial charge in [0.05, 0.1) is 29.7 Å². The minimum atomic E-state index is -0.526. The van der Waals surface area contributed by atoms with Gasteiger partial charge in [-0.25, -0.2) is 24.7 Å². The summed E-state index contributed by atoms with van der Waals surface area (Å²) in [5, 5.41) is 6.30. The number of carbonyl (C=O) groups is 2. The molecule has 0 radical (unpaired) electrons. The second kappa shape index (κ2) is 13.5. The van der Waals surface area contributed by atoms with Crippen molar-refractivity contribution in [2.45, 2.75) is 45.8 Å². The Bertz CT molecular complexity index is 1760. The molecule has 0 atom stereocenters. The summed E-state index contributed by atoms with van der Waals surface area (Å²) >= 11 is 0. The molecule has 1 fully saturated rings. The van der Waals surface area contributed by atoms with E-state index in [0.717, 1.165) is 53.3 Å². The summed E-state index contributed by atoms with van der Waals surface area (Å²) in [5.74, 6) is 1.86. The Hall–Kier alpha value is -5.46. The minimum absolute atomic E-state index is 0.190.